The Labute approximate surface area is 123 Å². The monoisotopic (exact) mass is 338 g/mol. The minimum Gasteiger partial charge on any atom is -0.489 e. The molecule has 4 nitrogen and oxygen atoms in total. The van der Waals surface area contributed by atoms with Crippen molar-refractivity contribution in [3.63, 3.8) is 0 Å². The molecule has 2 aromatic rings. The Morgan fingerprint density at radius 2 is 1.95 bits per heavy atom. The molecule has 0 heterocycles. The predicted molar refractivity (Wildman–Crippen MR) is 77.4 cm³/mol. The Morgan fingerprint density at radius 1 is 1.25 bits per heavy atom. The Kier molecular flexibility index (Phi) is 4.57. The van der Waals surface area contributed by atoms with Crippen molar-refractivity contribution in [3.05, 3.63) is 63.9 Å². The van der Waals surface area contributed by atoms with Gasteiger partial charge in [-0.15, -0.1) is 0 Å². The zero-order valence-corrected chi connectivity index (χ0v) is 12.0. The Morgan fingerprint density at radius 3 is 2.60 bits per heavy atom. The molecule has 0 fully saturated rings. The summed E-state index contributed by atoms with van der Waals surface area (Å²) in [6, 6.07) is 11.4. The molecule has 0 spiro atoms. The highest BCUT2D eigenvalue weighted by Gasteiger charge is 2.09. The largest absolute Gasteiger partial charge is 0.489 e. The quantitative estimate of drug-likeness (QED) is 0.389. The number of nitrogens with zero attached hydrogens (tertiary/aromatic N) is 1. The summed E-state index contributed by atoms with van der Waals surface area (Å²) < 4.78 is 19.7. The molecule has 0 bridgehead atoms. The lowest BCUT2D eigenvalue weighted by Crippen LogP contribution is -2.16. The van der Waals surface area contributed by atoms with Gasteiger partial charge in [0.1, 0.15) is 18.2 Å². The van der Waals surface area contributed by atoms with Gasteiger partial charge in [-0.2, -0.15) is 0 Å². The second-order valence-electron chi connectivity index (χ2n) is 4.03. The maximum absolute atomic E-state index is 13.2. The molecule has 0 amide bonds. The van der Waals surface area contributed by atoms with E-state index in [0.717, 1.165) is 4.47 Å². The van der Waals surface area contributed by atoms with Gasteiger partial charge in [0.2, 0.25) is 0 Å². The highest BCUT2D eigenvalue weighted by atomic mass is 79.9. The van der Waals surface area contributed by atoms with Crippen LogP contribution in [0.4, 0.5) is 4.39 Å². The van der Waals surface area contributed by atoms with E-state index in [1.807, 2.05) is 12.1 Å². The van der Waals surface area contributed by atoms with Crippen LogP contribution < -0.4 is 10.5 Å². The molecule has 2 rings (SSSR count). The summed E-state index contributed by atoms with van der Waals surface area (Å²) in [5, 5.41) is 11.6. The maximum Gasteiger partial charge on any atom is 0.170 e. The van der Waals surface area contributed by atoms with Gasteiger partial charge in [-0.3, -0.25) is 0 Å². The van der Waals surface area contributed by atoms with Crippen LogP contribution in [-0.4, -0.2) is 11.0 Å². The molecule has 0 aromatic heterocycles. The lowest BCUT2D eigenvalue weighted by Gasteiger charge is -2.10. The summed E-state index contributed by atoms with van der Waals surface area (Å²) in [5.74, 6) is 0.0564. The third-order valence-corrected chi connectivity index (χ3v) is 3.19. The van der Waals surface area contributed by atoms with E-state index >= 15 is 0 Å². The van der Waals surface area contributed by atoms with Crippen molar-refractivity contribution >= 4 is 21.8 Å². The first-order chi connectivity index (χ1) is 9.60. The second kappa shape index (κ2) is 6.38. The van der Waals surface area contributed by atoms with Crippen LogP contribution in [0.2, 0.25) is 0 Å². The van der Waals surface area contributed by atoms with Crippen molar-refractivity contribution in [2.24, 2.45) is 10.9 Å². The summed E-state index contributed by atoms with van der Waals surface area (Å²) in [5.41, 5.74) is 6.46. The van der Waals surface area contributed by atoms with Crippen LogP contribution in [0.5, 0.6) is 5.75 Å². The Balaban J connectivity index is 2.19. The molecule has 2 aromatic carbocycles. The highest BCUT2D eigenvalue weighted by molar-refractivity contribution is 9.10. The Hall–Kier alpha value is -2.08. The first-order valence-electron chi connectivity index (χ1n) is 5.75. The van der Waals surface area contributed by atoms with Crippen LogP contribution >= 0.6 is 15.9 Å². The molecule has 6 heteroatoms. The average Bonchev–Trinajstić information content (AvgIpc) is 2.46. The molecule has 20 heavy (non-hydrogen) atoms. The molecule has 0 aliphatic heterocycles. The van der Waals surface area contributed by atoms with E-state index in [2.05, 4.69) is 21.1 Å². The summed E-state index contributed by atoms with van der Waals surface area (Å²) in [4.78, 5) is 0. The maximum atomic E-state index is 13.2. The number of hydrogen-bond donors (Lipinski definition) is 2. The van der Waals surface area contributed by atoms with Crippen LogP contribution in [0.15, 0.2) is 52.1 Å². The number of amidine groups is 1. The highest BCUT2D eigenvalue weighted by Crippen LogP contribution is 2.19. The summed E-state index contributed by atoms with van der Waals surface area (Å²) in [6.45, 7) is 0.188. The van der Waals surface area contributed by atoms with Crippen molar-refractivity contribution in [2.45, 2.75) is 6.61 Å². The number of nitrogens with two attached hydrogens (primary N) is 1. The van der Waals surface area contributed by atoms with E-state index in [9.17, 15) is 4.39 Å². The van der Waals surface area contributed by atoms with E-state index < -0.39 is 5.82 Å². The van der Waals surface area contributed by atoms with E-state index in [1.54, 1.807) is 18.2 Å². The molecule has 104 valence electrons. The standard InChI is InChI=1S/C14H12BrFN2O2/c15-10-2-5-12(6-3-10)20-8-9-1-4-11(16)7-13(9)14(17)18-19/h1-7,19H,8H2,(H2,17,18). The van der Waals surface area contributed by atoms with Crippen LogP contribution in [0.25, 0.3) is 0 Å². The van der Waals surface area contributed by atoms with Gasteiger partial charge < -0.3 is 15.7 Å². The normalized spacial score (nSPS) is 11.4. The van der Waals surface area contributed by atoms with E-state index in [1.165, 1.54) is 12.1 Å². The van der Waals surface area contributed by atoms with Crippen LogP contribution in [0.3, 0.4) is 0 Å². The zero-order chi connectivity index (χ0) is 14.5. The van der Waals surface area contributed by atoms with E-state index in [0.29, 0.717) is 16.9 Å². The fraction of sp³-hybridized carbons (Fsp3) is 0.0714. The van der Waals surface area contributed by atoms with Crippen LogP contribution in [0.1, 0.15) is 11.1 Å². The van der Waals surface area contributed by atoms with Crippen molar-refractivity contribution in [1.82, 2.24) is 0 Å². The van der Waals surface area contributed by atoms with Crippen molar-refractivity contribution in [3.8, 4) is 5.75 Å². The number of halogens is 2. The van der Waals surface area contributed by atoms with Gasteiger partial charge in [0.15, 0.2) is 5.84 Å². The van der Waals surface area contributed by atoms with Gasteiger partial charge in [0.05, 0.1) is 0 Å². The number of oxime groups is 1. The van der Waals surface area contributed by atoms with Crippen LogP contribution in [-0.2, 0) is 6.61 Å². The molecule has 0 radical (unpaired) electrons. The average molecular weight is 339 g/mol. The fourth-order valence-corrected chi connectivity index (χ4v) is 1.92. The molecule has 0 aliphatic rings. The molecule has 0 atom stereocenters. The first kappa shape index (κ1) is 14.3. The third kappa shape index (κ3) is 3.48. The minimum atomic E-state index is -0.459. The van der Waals surface area contributed by atoms with Gasteiger partial charge >= 0.3 is 0 Å². The van der Waals surface area contributed by atoms with Gasteiger partial charge in [-0.05, 0) is 36.4 Å². The molecule has 0 saturated carbocycles. The summed E-state index contributed by atoms with van der Waals surface area (Å²) in [6.07, 6.45) is 0. The van der Waals surface area contributed by atoms with Crippen molar-refractivity contribution in [1.29, 1.82) is 0 Å². The first-order valence-corrected chi connectivity index (χ1v) is 6.54. The second-order valence-corrected chi connectivity index (χ2v) is 4.94. The lowest BCUT2D eigenvalue weighted by atomic mass is 10.1. The molecule has 0 saturated heterocycles. The SMILES string of the molecule is NC(=NO)c1cc(F)ccc1COc1ccc(Br)cc1. The Bertz CT molecular complexity index is 630. The minimum absolute atomic E-state index is 0.154. The van der Waals surface area contributed by atoms with Gasteiger partial charge in [-0.1, -0.05) is 27.2 Å². The van der Waals surface area contributed by atoms with Crippen LogP contribution in [0, 0.1) is 5.82 Å². The zero-order valence-electron chi connectivity index (χ0n) is 10.4. The van der Waals surface area contributed by atoms with Gasteiger partial charge in [-0.25, -0.2) is 4.39 Å². The molecule has 0 unspecified atom stereocenters. The van der Waals surface area contributed by atoms with Gasteiger partial charge in [0, 0.05) is 15.6 Å². The number of ether oxygens (including phenoxy) is 1. The molecule has 0 aliphatic carbocycles. The summed E-state index contributed by atoms with van der Waals surface area (Å²) >= 11 is 3.33. The van der Waals surface area contributed by atoms with Crippen molar-refractivity contribution < 1.29 is 14.3 Å². The fourth-order valence-electron chi connectivity index (χ4n) is 1.66. The van der Waals surface area contributed by atoms with E-state index in [4.69, 9.17) is 15.7 Å². The smallest absolute Gasteiger partial charge is 0.170 e. The number of benzene rings is 2. The number of rotatable bonds is 4. The molecular weight excluding hydrogens is 327 g/mol. The summed E-state index contributed by atoms with van der Waals surface area (Å²) in [7, 11) is 0. The van der Waals surface area contributed by atoms with Gasteiger partial charge in [0.25, 0.3) is 0 Å². The number of hydrogen-bond acceptors (Lipinski definition) is 3. The van der Waals surface area contributed by atoms with E-state index in [-0.39, 0.29) is 12.4 Å². The van der Waals surface area contributed by atoms with Crippen molar-refractivity contribution in [2.75, 3.05) is 0 Å². The molecule has 3 N–H and O–H groups in total. The predicted octanol–water partition coefficient (Wildman–Crippen LogP) is 3.26. The topological polar surface area (TPSA) is 67.8 Å². The lowest BCUT2D eigenvalue weighted by molar-refractivity contribution is 0.305. The molecular formula is C14H12BrFN2O2. The third-order valence-electron chi connectivity index (χ3n) is 2.66.